The number of nitrogens with one attached hydrogen (secondary N) is 1. The summed E-state index contributed by atoms with van der Waals surface area (Å²) in [7, 11) is 0. The van der Waals surface area contributed by atoms with Crippen LogP contribution in [0.2, 0.25) is 0 Å². The lowest BCUT2D eigenvalue weighted by molar-refractivity contribution is 0.196. The first-order valence-electron chi connectivity index (χ1n) is 4.49. The molecule has 1 fully saturated rings. The molecule has 1 N–H and O–H groups in total. The molecule has 0 saturated carbocycles. The van der Waals surface area contributed by atoms with E-state index in [1.807, 2.05) is 0 Å². The van der Waals surface area contributed by atoms with Gasteiger partial charge in [-0.05, 0) is 46.3 Å². The van der Waals surface area contributed by atoms with E-state index in [1.54, 1.807) is 0 Å². The van der Waals surface area contributed by atoms with Gasteiger partial charge in [0.1, 0.15) is 0 Å². The van der Waals surface area contributed by atoms with Gasteiger partial charge in [-0.3, -0.25) is 0 Å². The fraction of sp³-hybridized carbons (Fsp3) is 0.889. The third-order valence-electron chi connectivity index (χ3n) is 2.06. The topological polar surface area (TPSA) is 15.3 Å². The van der Waals surface area contributed by atoms with Crippen molar-refractivity contribution in [1.82, 2.24) is 10.2 Å². The highest BCUT2D eigenvalue weighted by Gasteiger charge is 2.27. The van der Waals surface area contributed by atoms with E-state index in [1.165, 1.54) is 6.42 Å². The van der Waals surface area contributed by atoms with Gasteiger partial charge >= 0.3 is 0 Å². The number of hydrogen-bond acceptors (Lipinski definition) is 1. The Morgan fingerprint density at radius 2 is 2.08 bits per heavy atom. The normalized spacial score (nSPS) is 23.3. The van der Waals surface area contributed by atoms with Gasteiger partial charge in [-0.15, -0.1) is 0 Å². The molecule has 0 aromatic carbocycles. The standard InChI is InChI=1S/C9H18N2S/c1-7-5-6-11(7)8(12)10-9(2,3)4/h7H,5-6H2,1-4H3,(H,10,12). The highest BCUT2D eigenvalue weighted by molar-refractivity contribution is 7.80. The molecule has 0 aromatic heterocycles. The van der Waals surface area contributed by atoms with Crippen LogP contribution in [0.4, 0.5) is 0 Å². The van der Waals surface area contributed by atoms with Crippen molar-refractivity contribution in [2.75, 3.05) is 6.54 Å². The van der Waals surface area contributed by atoms with E-state index in [9.17, 15) is 0 Å². The summed E-state index contributed by atoms with van der Waals surface area (Å²) in [4.78, 5) is 2.24. The van der Waals surface area contributed by atoms with Crippen LogP contribution >= 0.6 is 12.2 Å². The number of rotatable bonds is 0. The van der Waals surface area contributed by atoms with E-state index >= 15 is 0 Å². The van der Waals surface area contributed by atoms with E-state index < -0.39 is 0 Å². The van der Waals surface area contributed by atoms with Crippen LogP contribution in [0.5, 0.6) is 0 Å². The van der Waals surface area contributed by atoms with Crippen molar-refractivity contribution in [2.24, 2.45) is 0 Å². The van der Waals surface area contributed by atoms with Gasteiger partial charge in [0.05, 0.1) is 0 Å². The molecule has 0 radical (unpaired) electrons. The molecule has 0 bridgehead atoms. The number of likely N-dealkylation sites (tertiary alicyclic amines) is 1. The maximum Gasteiger partial charge on any atom is 0.169 e. The Morgan fingerprint density at radius 3 is 2.33 bits per heavy atom. The molecule has 1 aliphatic heterocycles. The van der Waals surface area contributed by atoms with E-state index in [-0.39, 0.29) is 5.54 Å². The van der Waals surface area contributed by atoms with Crippen molar-refractivity contribution in [3.8, 4) is 0 Å². The monoisotopic (exact) mass is 186 g/mol. The Morgan fingerprint density at radius 1 is 1.50 bits per heavy atom. The highest BCUT2D eigenvalue weighted by atomic mass is 32.1. The summed E-state index contributed by atoms with van der Waals surface area (Å²) in [5.41, 5.74) is 0.0897. The minimum Gasteiger partial charge on any atom is -0.358 e. The Balaban J connectivity index is 2.39. The van der Waals surface area contributed by atoms with Crippen molar-refractivity contribution in [2.45, 2.75) is 45.7 Å². The van der Waals surface area contributed by atoms with Crippen LogP contribution in [0.25, 0.3) is 0 Å². The lowest BCUT2D eigenvalue weighted by Crippen LogP contribution is -2.56. The van der Waals surface area contributed by atoms with Crippen molar-refractivity contribution in [3.05, 3.63) is 0 Å². The van der Waals surface area contributed by atoms with Crippen molar-refractivity contribution in [1.29, 1.82) is 0 Å². The van der Waals surface area contributed by atoms with Crippen LogP contribution in [0, 0.1) is 0 Å². The Labute approximate surface area is 80.3 Å². The van der Waals surface area contributed by atoms with Gasteiger partial charge in [0.2, 0.25) is 0 Å². The summed E-state index contributed by atoms with van der Waals surface area (Å²) in [5, 5.41) is 4.21. The maximum absolute atomic E-state index is 5.27. The molecule has 0 aromatic rings. The molecule has 1 atom stereocenters. The van der Waals surface area contributed by atoms with Gasteiger partial charge in [-0.25, -0.2) is 0 Å². The number of nitrogens with zero attached hydrogens (tertiary/aromatic N) is 1. The number of thiocarbonyl (C=S) groups is 1. The smallest absolute Gasteiger partial charge is 0.169 e. The third kappa shape index (κ3) is 2.34. The van der Waals surface area contributed by atoms with Gasteiger partial charge in [0.15, 0.2) is 5.11 Å². The quantitative estimate of drug-likeness (QED) is 0.580. The van der Waals surface area contributed by atoms with Crippen LogP contribution in [-0.2, 0) is 0 Å². The Bertz CT molecular complexity index is 183. The lowest BCUT2D eigenvalue weighted by Gasteiger charge is -2.42. The summed E-state index contributed by atoms with van der Waals surface area (Å²) in [6, 6.07) is 0.632. The molecule has 1 heterocycles. The SMILES string of the molecule is CC1CCN1C(=S)NC(C)(C)C. The van der Waals surface area contributed by atoms with Crippen molar-refractivity contribution >= 4 is 17.3 Å². The maximum atomic E-state index is 5.27. The molecular weight excluding hydrogens is 168 g/mol. The van der Waals surface area contributed by atoms with Crippen LogP contribution in [0.1, 0.15) is 34.1 Å². The molecule has 0 spiro atoms. The second-order valence-corrected chi connectivity index (χ2v) is 4.90. The summed E-state index contributed by atoms with van der Waals surface area (Å²) < 4.78 is 0. The van der Waals surface area contributed by atoms with Crippen molar-refractivity contribution < 1.29 is 0 Å². The van der Waals surface area contributed by atoms with Crippen LogP contribution in [0.15, 0.2) is 0 Å². The van der Waals surface area contributed by atoms with Crippen LogP contribution < -0.4 is 5.32 Å². The second kappa shape index (κ2) is 3.21. The van der Waals surface area contributed by atoms with Gasteiger partial charge in [-0.2, -0.15) is 0 Å². The van der Waals surface area contributed by atoms with E-state index in [0.717, 1.165) is 11.7 Å². The molecule has 0 amide bonds. The first-order chi connectivity index (χ1) is 5.40. The van der Waals surface area contributed by atoms with E-state index in [2.05, 4.69) is 37.9 Å². The van der Waals surface area contributed by atoms with Gasteiger partial charge in [0.25, 0.3) is 0 Å². The summed E-state index contributed by atoms with van der Waals surface area (Å²) in [6.45, 7) is 9.71. The fourth-order valence-corrected chi connectivity index (χ4v) is 1.79. The van der Waals surface area contributed by atoms with Gasteiger partial charge < -0.3 is 10.2 Å². The molecule has 70 valence electrons. The zero-order chi connectivity index (χ0) is 9.35. The molecule has 1 saturated heterocycles. The summed E-state index contributed by atoms with van der Waals surface area (Å²) >= 11 is 5.27. The summed E-state index contributed by atoms with van der Waals surface area (Å²) in [6.07, 6.45) is 1.27. The number of hydrogen-bond donors (Lipinski definition) is 1. The largest absolute Gasteiger partial charge is 0.358 e. The van der Waals surface area contributed by atoms with E-state index in [4.69, 9.17) is 12.2 Å². The molecule has 2 nitrogen and oxygen atoms in total. The minimum atomic E-state index is 0.0897. The molecule has 1 aliphatic rings. The fourth-order valence-electron chi connectivity index (χ4n) is 1.21. The lowest BCUT2D eigenvalue weighted by atomic mass is 10.1. The Hall–Kier alpha value is -0.310. The molecule has 12 heavy (non-hydrogen) atoms. The van der Waals surface area contributed by atoms with Crippen molar-refractivity contribution in [3.63, 3.8) is 0 Å². The van der Waals surface area contributed by atoms with Crippen LogP contribution in [-0.4, -0.2) is 28.1 Å². The zero-order valence-electron chi connectivity index (χ0n) is 8.35. The highest BCUT2D eigenvalue weighted by Crippen LogP contribution is 2.17. The second-order valence-electron chi connectivity index (χ2n) is 4.51. The zero-order valence-corrected chi connectivity index (χ0v) is 9.16. The molecule has 3 heteroatoms. The first kappa shape index (κ1) is 9.78. The third-order valence-corrected chi connectivity index (χ3v) is 2.40. The van der Waals surface area contributed by atoms with E-state index in [0.29, 0.717) is 6.04 Å². The predicted molar refractivity (Wildman–Crippen MR) is 56.3 cm³/mol. The summed E-state index contributed by atoms with van der Waals surface area (Å²) in [5.74, 6) is 0. The molecule has 1 unspecified atom stereocenters. The average molecular weight is 186 g/mol. The molecule has 1 rings (SSSR count). The molecule has 0 aliphatic carbocycles. The molecular formula is C9H18N2S. The minimum absolute atomic E-state index is 0.0897. The Kier molecular flexibility index (Phi) is 2.61. The van der Waals surface area contributed by atoms with Gasteiger partial charge in [0, 0.05) is 18.1 Å². The van der Waals surface area contributed by atoms with Gasteiger partial charge in [-0.1, -0.05) is 0 Å². The average Bonchev–Trinajstić information content (AvgIpc) is 1.79. The van der Waals surface area contributed by atoms with Crippen LogP contribution in [0.3, 0.4) is 0 Å². The first-order valence-corrected chi connectivity index (χ1v) is 4.90. The predicted octanol–water partition coefficient (Wildman–Crippen LogP) is 1.75.